The molecule has 138 valence electrons. The number of halogens is 2. The molecule has 0 aliphatic carbocycles. The van der Waals surface area contributed by atoms with Crippen LogP contribution in [0.4, 0.5) is 5.82 Å². The highest BCUT2D eigenvalue weighted by Crippen LogP contribution is 2.23. The molecule has 7 nitrogen and oxygen atoms in total. The Morgan fingerprint density at radius 3 is 2.42 bits per heavy atom. The second kappa shape index (κ2) is 7.51. The summed E-state index contributed by atoms with van der Waals surface area (Å²) in [4.78, 5) is 20.7. The molecule has 3 rings (SSSR count). The Hall–Kier alpha value is -1.68. The number of nitrogens with zero attached hydrogens (tertiary/aromatic N) is 3. The van der Waals surface area contributed by atoms with Gasteiger partial charge in [0.05, 0.1) is 15.5 Å². The van der Waals surface area contributed by atoms with Gasteiger partial charge in [-0.25, -0.2) is 18.5 Å². The Morgan fingerprint density at radius 1 is 1.15 bits per heavy atom. The third-order valence-electron chi connectivity index (χ3n) is 4.10. The van der Waals surface area contributed by atoms with Crippen LogP contribution in [0.3, 0.4) is 0 Å². The topological polar surface area (TPSA) is 96.6 Å². The molecule has 26 heavy (non-hydrogen) atoms. The van der Waals surface area contributed by atoms with Gasteiger partial charge in [0.1, 0.15) is 5.82 Å². The van der Waals surface area contributed by atoms with E-state index in [0.717, 1.165) is 5.82 Å². The summed E-state index contributed by atoms with van der Waals surface area (Å²) in [5.41, 5.74) is 0.273. The van der Waals surface area contributed by atoms with Crippen molar-refractivity contribution in [1.29, 1.82) is 0 Å². The third-order valence-corrected chi connectivity index (χ3v) is 5.93. The van der Waals surface area contributed by atoms with Gasteiger partial charge >= 0.3 is 0 Å². The van der Waals surface area contributed by atoms with Crippen LogP contribution in [0.1, 0.15) is 10.4 Å². The van der Waals surface area contributed by atoms with Crippen molar-refractivity contribution < 1.29 is 13.2 Å². The quantitative estimate of drug-likeness (QED) is 0.758. The van der Waals surface area contributed by atoms with Crippen molar-refractivity contribution in [2.75, 3.05) is 31.1 Å². The van der Waals surface area contributed by atoms with E-state index in [1.807, 2.05) is 6.07 Å². The van der Waals surface area contributed by atoms with Gasteiger partial charge in [0.15, 0.2) is 0 Å². The predicted molar refractivity (Wildman–Crippen MR) is 103 cm³/mol. The summed E-state index contributed by atoms with van der Waals surface area (Å²) >= 11 is 9.16. The zero-order valence-corrected chi connectivity index (χ0v) is 16.8. The first-order valence-corrected chi connectivity index (χ1v) is 10.5. The molecule has 1 aromatic carbocycles. The first-order chi connectivity index (χ1) is 12.3. The lowest BCUT2D eigenvalue weighted by Crippen LogP contribution is -2.49. The van der Waals surface area contributed by atoms with Gasteiger partial charge in [0.2, 0.25) is 10.0 Å². The summed E-state index contributed by atoms with van der Waals surface area (Å²) < 4.78 is 23.6. The number of carbonyl (C=O) groups is 1. The Labute approximate surface area is 164 Å². The zero-order chi connectivity index (χ0) is 18.9. The van der Waals surface area contributed by atoms with Crippen molar-refractivity contribution >= 4 is 49.3 Å². The lowest BCUT2D eigenvalue weighted by atomic mass is 10.2. The molecule has 1 saturated heterocycles. The highest BCUT2D eigenvalue weighted by atomic mass is 79.9. The summed E-state index contributed by atoms with van der Waals surface area (Å²) in [5.74, 6) is 0.560. The van der Waals surface area contributed by atoms with E-state index in [4.69, 9.17) is 16.7 Å². The maximum Gasteiger partial charge on any atom is 0.255 e. The number of hydrogen-bond donors (Lipinski definition) is 1. The van der Waals surface area contributed by atoms with Gasteiger partial charge < -0.3 is 9.80 Å². The molecule has 2 heterocycles. The van der Waals surface area contributed by atoms with Crippen LogP contribution in [-0.2, 0) is 10.0 Å². The zero-order valence-electron chi connectivity index (χ0n) is 13.6. The van der Waals surface area contributed by atoms with E-state index in [2.05, 4.69) is 25.8 Å². The summed E-state index contributed by atoms with van der Waals surface area (Å²) in [7, 11) is -3.87. The maximum atomic E-state index is 12.8. The van der Waals surface area contributed by atoms with Gasteiger partial charge in [0.25, 0.3) is 5.91 Å². The Balaban J connectivity index is 1.73. The van der Waals surface area contributed by atoms with Crippen LogP contribution >= 0.6 is 27.5 Å². The highest BCUT2D eigenvalue weighted by Gasteiger charge is 2.25. The van der Waals surface area contributed by atoms with E-state index in [-0.39, 0.29) is 16.4 Å². The van der Waals surface area contributed by atoms with Crippen molar-refractivity contribution in [3.63, 3.8) is 0 Å². The van der Waals surface area contributed by atoms with Gasteiger partial charge in [-0.05, 0) is 46.3 Å². The van der Waals surface area contributed by atoms with Crippen molar-refractivity contribution in [2.24, 2.45) is 5.14 Å². The first-order valence-electron chi connectivity index (χ1n) is 7.74. The number of carbonyl (C=O) groups excluding carboxylic acids is 1. The van der Waals surface area contributed by atoms with E-state index >= 15 is 0 Å². The minimum absolute atomic E-state index is 0.0898. The number of piperazine rings is 1. The highest BCUT2D eigenvalue weighted by molar-refractivity contribution is 9.10. The van der Waals surface area contributed by atoms with Gasteiger partial charge in [0, 0.05) is 36.8 Å². The number of amides is 1. The molecular formula is C16H16BrClN4O3S. The molecule has 0 unspecified atom stereocenters. The fourth-order valence-electron chi connectivity index (χ4n) is 2.71. The second-order valence-electron chi connectivity index (χ2n) is 5.80. The molecule has 0 atom stereocenters. The molecule has 2 aromatic rings. The van der Waals surface area contributed by atoms with Crippen LogP contribution < -0.4 is 10.0 Å². The number of benzene rings is 1. The number of anilines is 1. The van der Waals surface area contributed by atoms with Crippen LogP contribution in [0.5, 0.6) is 0 Å². The largest absolute Gasteiger partial charge is 0.353 e. The Morgan fingerprint density at radius 2 is 1.85 bits per heavy atom. The van der Waals surface area contributed by atoms with Gasteiger partial charge in [-0.2, -0.15) is 0 Å². The number of pyridine rings is 1. The molecule has 10 heteroatoms. The smallest absolute Gasteiger partial charge is 0.255 e. The summed E-state index contributed by atoms with van der Waals surface area (Å²) in [5, 5.41) is 5.73. The normalized spacial score (nSPS) is 15.2. The lowest BCUT2D eigenvalue weighted by molar-refractivity contribution is 0.0745. The molecule has 0 saturated carbocycles. The Bertz CT molecular complexity index is 929. The van der Waals surface area contributed by atoms with Crippen molar-refractivity contribution in [1.82, 2.24) is 9.88 Å². The third kappa shape index (κ3) is 4.17. The first kappa shape index (κ1) is 19.1. The molecule has 2 N–H and O–H groups in total. The van der Waals surface area contributed by atoms with Gasteiger partial charge in [-0.1, -0.05) is 11.6 Å². The average Bonchev–Trinajstić information content (AvgIpc) is 2.61. The number of hydrogen-bond acceptors (Lipinski definition) is 5. The van der Waals surface area contributed by atoms with Crippen LogP contribution in [-0.4, -0.2) is 50.4 Å². The fourth-order valence-corrected chi connectivity index (χ4v) is 3.78. The van der Waals surface area contributed by atoms with E-state index in [0.29, 0.717) is 35.7 Å². The predicted octanol–water partition coefficient (Wildman–Crippen LogP) is 2.11. The average molecular weight is 460 g/mol. The second-order valence-corrected chi connectivity index (χ2v) is 8.65. The van der Waals surface area contributed by atoms with E-state index in [1.54, 1.807) is 17.2 Å². The molecule has 0 radical (unpaired) electrons. The monoisotopic (exact) mass is 458 g/mol. The van der Waals surface area contributed by atoms with E-state index < -0.39 is 10.0 Å². The number of rotatable bonds is 3. The molecule has 1 aromatic heterocycles. The molecule has 0 bridgehead atoms. The summed E-state index contributed by atoms with van der Waals surface area (Å²) in [6, 6.07) is 7.79. The summed E-state index contributed by atoms with van der Waals surface area (Å²) in [6.07, 6.45) is 1.59. The number of primary sulfonamides is 1. The van der Waals surface area contributed by atoms with Crippen molar-refractivity contribution in [3.8, 4) is 0 Å². The van der Waals surface area contributed by atoms with Crippen LogP contribution in [0, 0.1) is 0 Å². The minimum Gasteiger partial charge on any atom is -0.353 e. The van der Waals surface area contributed by atoms with Crippen LogP contribution in [0.2, 0.25) is 5.02 Å². The minimum atomic E-state index is -3.87. The number of sulfonamides is 1. The maximum absolute atomic E-state index is 12.8. The number of nitrogens with two attached hydrogens (primary N) is 1. The van der Waals surface area contributed by atoms with E-state index in [1.165, 1.54) is 18.2 Å². The standard InChI is InChI=1S/C16H16BrClN4O3S/c17-14-3-2-12(26(19,24)25)9-13(14)16(23)22-7-5-21(6-8-22)15-4-1-11(18)10-20-15/h1-4,9-10H,5-8H2,(H2,19,24,25). The van der Waals surface area contributed by atoms with E-state index in [9.17, 15) is 13.2 Å². The molecule has 1 aliphatic heterocycles. The van der Waals surface area contributed by atoms with Crippen LogP contribution in [0.15, 0.2) is 45.9 Å². The SMILES string of the molecule is NS(=O)(=O)c1ccc(Br)c(C(=O)N2CCN(c3ccc(Cl)cn3)CC2)c1. The number of aromatic nitrogens is 1. The Kier molecular flexibility index (Phi) is 5.52. The molecular weight excluding hydrogens is 444 g/mol. The van der Waals surface area contributed by atoms with Gasteiger partial charge in [-0.3, -0.25) is 4.79 Å². The molecule has 1 fully saturated rings. The van der Waals surface area contributed by atoms with Gasteiger partial charge in [-0.15, -0.1) is 0 Å². The van der Waals surface area contributed by atoms with Crippen LogP contribution in [0.25, 0.3) is 0 Å². The summed E-state index contributed by atoms with van der Waals surface area (Å²) in [6.45, 7) is 2.23. The van der Waals surface area contributed by atoms with Crippen molar-refractivity contribution in [2.45, 2.75) is 4.90 Å². The fraction of sp³-hybridized carbons (Fsp3) is 0.250. The lowest BCUT2D eigenvalue weighted by Gasteiger charge is -2.35. The molecule has 0 spiro atoms. The molecule has 1 amide bonds. The molecule has 1 aliphatic rings. The van der Waals surface area contributed by atoms with Crippen molar-refractivity contribution in [3.05, 3.63) is 51.6 Å².